The van der Waals surface area contributed by atoms with Gasteiger partial charge in [0, 0.05) is 0 Å². The molecule has 1 amide bonds. The average Bonchev–Trinajstić information content (AvgIpc) is 2.60. The van der Waals surface area contributed by atoms with Crippen LogP contribution in [0.5, 0.6) is 0 Å². The molecule has 6 nitrogen and oxygen atoms in total. The van der Waals surface area contributed by atoms with Crippen molar-refractivity contribution in [2.24, 2.45) is 0 Å². The summed E-state index contributed by atoms with van der Waals surface area (Å²) >= 11 is 0. The number of hydrogen-bond donors (Lipinski definition) is 1. The number of hydrogen-bond acceptors (Lipinski definition) is 4. The van der Waals surface area contributed by atoms with E-state index < -0.39 is 5.56 Å². The van der Waals surface area contributed by atoms with Crippen LogP contribution < -0.4 is 10.9 Å². The van der Waals surface area contributed by atoms with Gasteiger partial charge in [0.25, 0.3) is 5.56 Å². The molecule has 0 aliphatic carbocycles. The van der Waals surface area contributed by atoms with Gasteiger partial charge in [0.2, 0.25) is 5.91 Å². The summed E-state index contributed by atoms with van der Waals surface area (Å²) in [7, 11) is 0. The molecular weight excluding hydrogens is 316 g/mol. The van der Waals surface area contributed by atoms with E-state index in [1.165, 1.54) is 5.56 Å². The Kier molecular flexibility index (Phi) is 5.71. The number of amides is 1. The second-order valence-electron chi connectivity index (χ2n) is 6.04. The third-order valence-corrected chi connectivity index (χ3v) is 4.31. The molecule has 0 bridgehead atoms. The number of carbonyl (C=O) groups is 1. The lowest BCUT2D eigenvalue weighted by atomic mass is 10.1. The fourth-order valence-electron chi connectivity index (χ4n) is 2.56. The highest BCUT2D eigenvalue weighted by molar-refractivity contribution is 5.76. The molecule has 2 aromatic rings. The van der Waals surface area contributed by atoms with Crippen LogP contribution in [0.1, 0.15) is 47.8 Å². The van der Waals surface area contributed by atoms with Crippen LogP contribution in [0.4, 0.5) is 0 Å². The van der Waals surface area contributed by atoms with Crippen molar-refractivity contribution in [3.63, 3.8) is 0 Å². The van der Waals surface area contributed by atoms with Gasteiger partial charge in [-0.25, -0.2) is 4.68 Å². The first-order valence-electron chi connectivity index (χ1n) is 8.24. The van der Waals surface area contributed by atoms with Crippen molar-refractivity contribution >= 4 is 5.91 Å². The monoisotopic (exact) mass is 338 g/mol. The molecule has 2 rings (SSSR count). The van der Waals surface area contributed by atoms with E-state index in [1.54, 1.807) is 13.8 Å². The number of carbonyl (C=O) groups excluding carboxylic acids is 1. The van der Waals surface area contributed by atoms with Crippen molar-refractivity contribution in [3.05, 3.63) is 62.6 Å². The number of benzene rings is 1. The molecule has 1 heterocycles. The Bertz CT molecular complexity index is 876. The summed E-state index contributed by atoms with van der Waals surface area (Å²) in [5.74, 6) is -0.325. The number of rotatable bonds is 5. The molecule has 0 radical (unpaired) electrons. The second kappa shape index (κ2) is 7.75. The van der Waals surface area contributed by atoms with Gasteiger partial charge in [0.05, 0.1) is 11.7 Å². The molecule has 0 fully saturated rings. The van der Waals surface area contributed by atoms with Crippen molar-refractivity contribution in [2.45, 2.75) is 46.7 Å². The van der Waals surface area contributed by atoms with Gasteiger partial charge in [0.15, 0.2) is 0 Å². The van der Waals surface area contributed by atoms with Gasteiger partial charge in [-0.15, -0.1) is 0 Å². The summed E-state index contributed by atoms with van der Waals surface area (Å²) in [6.45, 7) is 7.14. The van der Waals surface area contributed by atoms with Crippen LogP contribution in [0.3, 0.4) is 0 Å². The van der Waals surface area contributed by atoms with Crippen molar-refractivity contribution < 1.29 is 4.79 Å². The number of nitrogens with one attached hydrogen (secondary N) is 1. The molecule has 1 N–H and O–H groups in total. The third-order valence-electron chi connectivity index (χ3n) is 4.31. The molecule has 1 atom stereocenters. The normalized spacial score (nSPS) is 11.6. The van der Waals surface area contributed by atoms with Crippen molar-refractivity contribution in [1.29, 1.82) is 5.26 Å². The predicted octanol–water partition coefficient (Wildman–Crippen LogP) is 2.17. The number of nitriles is 1. The zero-order valence-corrected chi connectivity index (χ0v) is 15.0. The number of nitrogens with zero attached hydrogens (tertiary/aromatic N) is 3. The minimum absolute atomic E-state index is 0.0310. The first-order chi connectivity index (χ1) is 11.9. The van der Waals surface area contributed by atoms with Gasteiger partial charge in [-0.05, 0) is 43.9 Å². The molecular formula is C19H22N4O2. The van der Waals surface area contributed by atoms with E-state index >= 15 is 0 Å². The molecule has 130 valence electrons. The molecule has 1 aromatic heterocycles. The van der Waals surface area contributed by atoms with E-state index in [2.05, 4.69) is 17.3 Å². The topological polar surface area (TPSA) is 87.8 Å². The van der Waals surface area contributed by atoms with Crippen LogP contribution in [0.2, 0.25) is 0 Å². The lowest BCUT2D eigenvalue weighted by Crippen LogP contribution is -2.36. The highest BCUT2D eigenvalue weighted by Gasteiger charge is 2.15. The predicted molar refractivity (Wildman–Crippen MR) is 95.1 cm³/mol. The van der Waals surface area contributed by atoms with E-state index in [1.807, 2.05) is 37.3 Å². The van der Waals surface area contributed by atoms with Gasteiger partial charge < -0.3 is 5.32 Å². The first kappa shape index (κ1) is 18.4. The summed E-state index contributed by atoms with van der Waals surface area (Å²) in [5.41, 5.74) is 2.82. The Morgan fingerprint density at radius 3 is 2.52 bits per heavy atom. The van der Waals surface area contributed by atoms with Crippen molar-refractivity contribution in [3.8, 4) is 6.07 Å². The highest BCUT2D eigenvalue weighted by Crippen LogP contribution is 2.13. The molecule has 0 aliphatic heterocycles. The number of aromatic nitrogens is 2. The molecule has 0 spiro atoms. The maximum atomic E-state index is 12.3. The highest BCUT2D eigenvalue weighted by atomic mass is 16.2. The quantitative estimate of drug-likeness (QED) is 0.905. The Hall–Kier alpha value is -2.94. The zero-order chi connectivity index (χ0) is 18.6. The SMILES string of the molecule is CCc1ccc([C@H](C)NC(=O)Cn2nc(C)c(C)c(C#N)c2=O)cc1. The van der Waals surface area contributed by atoms with E-state index in [9.17, 15) is 9.59 Å². The fraction of sp³-hybridized carbons (Fsp3) is 0.368. The van der Waals surface area contributed by atoms with Crippen molar-refractivity contribution in [2.75, 3.05) is 0 Å². The van der Waals surface area contributed by atoms with E-state index in [0.717, 1.165) is 16.7 Å². The zero-order valence-electron chi connectivity index (χ0n) is 15.0. The Morgan fingerprint density at radius 2 is 1.96 bits per heavy atom. The lowest BCUT2D eigenvalue weighted by Gasteiger charge is -2.15. The minimum atomic E-state index is -0.541. The fourth-order valence-corrected chi connectivity index (χ4v) is 2.56. The second-order valence-corrected chi connectivity index (χ2v) is 6.04. The lowest BCUT2D eigenvalue weighted by molar-refractivity contribution is -0.122. The Morgan fingerprint density at radius 1 is 1.32 bits per heavy atom. The van der Waals surface area contributed by atoms with Gasteiger partial charge in [-0.1, -0.05) is 31.2 Å². The molecule has 1 aromatic carbocycles. The van der Waals surface area contributed by atoms with Crippen LogP contribution in [-0.4, -0.2) is 15.7 Å². The van der Waals surface area contributed by atoms with Crippen LogP contribution in [0.15, 0.2) is 29.1 Å². The standard InChI is InChI=1S/C19H22N4O2/c1-5-15-6-8-16(9-7-15)14(4)21-18(24)11-23-19(25)17(10-20)12(2)13(3)22-23/h6-9,14H,5,11H2,1-4H3,(H,21,24)/t14-/m0/s1. The van der Waals surface area contributed by atoms with Gasteiger partial charge in [-0.3, -0.25) is 9.59 Å². The maximum absolute atomic E-state index is 12.3. The van der Waals surface area contributed by atoms with Crippen LogP contribution >= 0.6 is 0 Å². The van der Waals surface area contributed by atoms with Crippen molar-refractivity contribution in [1.82, 2.24) is 15.1 Å². The van der Waals surface area contributed by atoms with Gasteiger partial charge in [-0.2, -0.15) is 10.4 Å². The summed E-state index contributed by atoms with van der Waals surface area (Å²) in [5, 5.41) is 16.1. The van der Waals surface area contributed by atoms with Crippen LogP contribution in [0.25, 0.3) is 0 Å². The number of aryl methyl sites for hydroxylation is 2. The third kappa shape index (κ3) is 4.13. The summed E-state index contributed by atoms with van der Waals surface area (Å²) < 4.78 is 1.04. The molecule has 0 saturated carbocycles. The summed E-state index contributed by atoms with van der Waals surface area (Å²) in [6.07, 6.45) is 0.962. The molecule has 0 saturated heterocycles. The maximum Gasteiger partial charge on any atom is 0.285 e. The molecule has 0 aliphatic rings. The van der Waals surface area contributed by atoms with E-state index in [0.29, 0.717) is 11.3 Å². The van der Waals surface area contributed by atoms with Crippen LogP contribution in [-0.2, 0) is 17.8 Å². The van der Waals surface area contributed by atoms with E-state index in [-0.39, 0.29) is 24.1 Å². The first-order valence-corrected chi connectivity index (χ1v) is 8.24. The van der Waals surface area contributed by atoms with Crippen LogP contribution in [0, 0.1) is 25.2 Å². The Labute approximate surface area is 147 Å². The summed E-state index contributed by atoms with van der Waals surface area (Å²) in [6, 6.07) is 9.74. The molecule has 0 unspecified atom stereocenters. The van der Waals surface area contributed by atoms with Gasteiger partial charge in [0.1, 0.15) is 18.2 Å². The Balaban J connectivity index is 2.13. The molecule has 6 heteroatoms. The smallest absolute Gasteiger partial charge is 0.285 e. The average molecular weight is 338 g/mol. The largest absolute Gasteiger partial charge is 0.348 e. The van der Waals surface area contributed by atoms with Gasteiger partial charge >= 0.3 is 0 Å². The molecule has 25 heavy (non-hydrogen) atoms. The van der Waals surface area contributed by atoms with E-state index in [4.69, 9.17) is 5.26 Å². The summed E-state index contributed by atoms with van der Waals surface area (Å²) in [4.78, 5) is 24.5. The minimum Gasteiger partial charge on any atom is -0.348 e.